The largest absolute Gasteiger partial charge is 0.495 e. The molecule has 1 saturated heterocycles. The number of piperazine rings is 1. The highest BCUT2D eigenvalue weighted by Crippen LogP contribution is 2.32. The SMILES string of the molecule is COc1ccc(Cl)cc1N1CCN([C@@H](C)C(=O)NCC(C)C)CC1. The Morgan fingerprint density at radius 2 is 1.92 bits per heavy atom. The number of hydrogen-bond donors (Lipinski definition) is 1. The molecule has 0 radical (unpaired) electrons. The number of carbonyl (C=O) groups excluding carboxylic acids is 1. The summed E-state index contributed by atoms with van der Waals surface area (Å²) >= 11 is 6.13. The monoisotopic (exact) mass is 353 g/mol. The van der Waals surface area contributed by atoms with E-state index in [0.717, 1.165) is 44.2 Å². The lowest BCUT2D eigenvalue weighted by molar-refractivity contribution is -0.126. The number of methoxy groups -OCH3 is 1. The molecule has 0 bridgehead atoms. The van der Waals surface area contributed by atoms with Gasteiger partial charge in [-0.15, -0.1) is 0 Å². The van der Waals surface area contributed by atoms with Crippen LogP contribution in [0.5, 0.6) is 5.75 Å². The quantitative estimate of drug-likeness (QED) is 0.854. The minimum Gasteiger partial charge on any atom is -0.495 e. The van der Waals surface area contributed by atoms with Crippen LogP contribution in [0.1, 0.15) is 20.8 Å². The standard InChI is InChI=1S/C18H28ClN3O2/c1-13(2)12-20-18(23)14(3)21-7-9-22(10-8-21)16-11-15(19)5-6-17(16)24-4/h5-6,11,13-14H,7-10,12H2,1-4H3,(H,20,23)/t14-/m0/s1. The molecular weight excluding hydrogens is 326 g/mol. The van der Waals surface area contributed by atoms with Crippen molar-refractivity contribution in [3.63, 3.8) is 0 Å². The maximum atomic E-state index is 12.2. The number of amides is 1. The highest BCUT2D eigenvalue weighted by molar-refractivity contribution is 6.30. The van der Waals surface area contributed by atoms with E-state index in [2.05, 4.69) is 29.0 Å². The molecule has 1 N–H and O–H groups in total. The first-order chi connectivity index (χ1) is 11.4. The van der Waals surface area contributed by atoms with E-state index in [1.165, 1.54) is 0 Å². The molecule has 134 valence electrons. The highest BCUT2D eigenvalue weighted by Gasteiger charge is 2.26. The number of rotatable bonds is 6. The Balaban J connectivity index is 1.94. The van der Waals surface area contributed by atoms with Gasteiger partial charge >= 0.3 is 0 Å². The molecule has 0 aliphatic carbocycles. The molecule has 0 spiro atoms. The third-order valence-electron chi connectivity index (χ3n) is 4.41. The molecular formula is C18H28ClN3O2. The fraction of sp³-hybridized carbons (Fsp3) is 0.611. The second kappa shape index (κ2) is 8.58. The molecule has 1 amide bonds. The van der Waals surface area contributed by atoms with Gasteiger partial charge < -0.3 is 15.0 Å². The summed E-state index contributed by atoms with van der Waals surface area (Å²) < 4.78 is 5.44. The fourth-order valence-corrected chi connectivity index (χ4v) is 3.04. The summed E-state index contributed by atoms with van der Waals surface area (Å²) in [6, 6.07) is 5.56. The van der Waals surface area contributed by atoms with Crippen molar-refractivity contribution < 1.29 is 9.53 Å². The molecule has 1 heterocycles. The Bertz CT molecular complexity index is 557. The first kappa shape index (κ1) is 18.9. The van der Waals surface area contributed by atoms with Crippen molar-refractivity contribution in [2.24, 2.45) is 5.92 Å². The van der Waals surface area contributed by atoms with Gasteiger partial charge in [-0.25, -0.2) is 0 Å². The van der Waals surface area contributed by atoms with Gasteiger partial charge in [0.05, 0.1) is 18.8 Å². The van der Waals surface area contributed by atoms with Gasteiger partial charge in [-0.05, 0) is 31.0 Å². The van der Waals surface area contributed by atoms with E-state index >= 15 is 0 Å². The number of ether oxygens (including phenoxy) is 1. The molecule has 1 aliphatic rings. The third kappa shape index (κ3) is 4.77. The molecule has 5 nitrogen and oxygen atoms in total. The molecule has 1 aromatic rings. The zero-order chi connectivity index (χ0) is 17.7. The summed E-state index contributed by atoms with van der Waals surface area (Å²) in [5.41, 5.74) is 1.02. The van der Waals surface area contributed by atoms with Crippen LogP contribution in [-0.4, -0.2) is 56.7 Å². The number of anilines is 1. The Hall–Kier alpha value is -1.46. The highest BCUT2D eigenvalue weighted by atomic mass is 35.5. The van der Waals surface area contributed by atoms with Crippen molar-refractivity contribution in [2.45, 2.75) is 26.8 Å². The van der Waals surface area contributed by atoms with E-state index < -0.39 is 0 Å². The predicted molar refractivity (Wildman–Crippen MR) is 99.1 cm³/mol. The average molecular weight is 354 g/mol. The predicted octanol–water partition coefficient (Wildman–Crippen LogP) is 2.63. The lowest BCUT2D eigenvalue weighted by Crippen LogP contribution is -2.54. The molecule has 1 aliphatic heterocycles. The van der Waals surface area contributed by atoms with Crippen LogP contribution in [0.4, 0.5) is 5.69 Å². The van der Waals surface area contributed by atoms with Crippen LogP contribution >= 0.6 is 11.6 Å². The van der Waals surface area contributed by atoms with Gasteiger partial charge in [0.25, 0.3) is 0 Å². The van der Waals surface area contributed by atoms with E-state index in [4.69, 9.17) is 16.3 Å². The van der Waals surface area contributed by atoms with Crippen molar-refractivity contribution in [3.8, 4) is 5.75 Å². The van der Waals surface area contributed by atoms with Crippen LogP contribution in [0.25, 0.3) is 0 Å². The van der Waals surface area contributed by atoms with Crippen LogP contribution in [-0.2, 0) is 4.79 Å². The first-order valence-electron chi connectivity index (χ1n) is 8.52. The van der Waals surface area contributed by atoms with Gasteiger partial charge in [0, 0.05) is 37.7 Å². The van der Waals surface area contributed by atoms with Gasteiger partial charge in [0.1, 0.15) is 5.75 Å². The van der Waals surface area contributed by atoms with E-state index in [9.17, 15) is 4.79 Å². The van der Waals surface area contributed by atoms with E-state index in [1.54, 1.807) is 7.11 Å². The van der Waals surface area contributed by atoms with Crippen molar-refractivity contribution in [3.05, 3.63) is 23.2 Å². The van der Waals surface area contributed by atoms with Crippen LogP contribution < -0.4 is 15.0 Å². The van der Waals surface area contributed by atoms with E-state index in [0.29, 0.717) is 10.9 Å². The van der Waals surface area contributed by atoms with Crippen molar-refractivity contribution >= 4 is 23.2 Å². The molecule has 24 heavy (non-hydrogen) atoms. The second-order valence-corrected chi connectivity index (χ2v) is 7.09. The summed E-state index contributed by atoms with van der Waals surface area (Å²) in [6.45, 7) is 10.3. The van der Waals surface area contributed by atoms with Crippen molar-refractivity contribution in [1.29, 1.82) is 0 Å². The molecule has 2 rings (SSSR count). The van der Waals surface area contributed by atoms with Crippen LogP contribution in [0, 0.1) is 5.92 Å². The summed E-state index contributed by atoms with van der Waals surface area (Å²) in [4.78, 5) is 16.7. The van der Waals surface area contributed by atoms with Gasteiger partial charge in [-0.1, -0.05) is 25.4 Å². The Labute approximate surface area is 149 Å². The average Bonchev–Trinajstić information content (AvgIpc) is 2.59. The summed E-state index contributed by atoms with van der Waals surface area (Å²) in [7, 11) is 1.67. The number of benzene rings is 1. The summed E-state index contributed by atoms with van der Waals surface area (Å²) in [5, 5.41) is 3.72. The molecule has 0 saturated carbocycles. The topological polar surface area (TPSA) is 44.8 Å². The van der Waals surface area contributed by atoms with Crippen LogP contribution in [0.3, 0.4) is 0 Å². The fourth-order valence-electron chi connectivity index (χ4n) is 2.88. The van der Waals surface area contributed by atoms with Gasteiger partial charge in [0.15, 0.2) is 0 Å². The number of hydrogen-bond acceptors (Lipinski definition) is 4. The Morgan fingerprint density at radius 3 is 2.50 bits per heavy atom. The Kier molecular flexibility index (Phi) is 6.75. The lowest BCUT2D eigenvalue weighted by atomic mass is 10.1. The molecule has 1 aromatic carbocycles. The molecule has 1 fully saturated rings. The van der Waals surface area contributed by atoms with Gasteiger partial charge in [0.2, 0.25) is 5.91 Å². The zero-order valence-electron chi connectivity index (χ0n) is 15.0. The number of carbonyl (C=O) groups is 1. The smallest absolute Gasteiger partial charge is 0.237 e. The van der Waals surface area contributed by atoms with Gasteiger partial charge in [-0.3, -0.25) is 9.69 Å². The lowest BCUT2D eigenvalue weighted by Gasteiger charge is -2.39. The third-order valence-corrected chi connectivity index (χ3v) is 4.64. The Morgan fingerprint density at radius 1 is 1.25 bits per heavy atom. The van der Waals surface area contributed by atoms with E-state index in [-0.39, 0.29) is 11.9 Å². The second-order valence-electron chi connectivity index (χ2n) is 6.65. The van der Waals surface area contributed by atoms with E-state index in [1.807, 2.05) is 25.1 Å². The number of nitrogens with one attached hydrogen (secondary N) is 1. The maximum absolute atomic E-state index is 12.2. The van der Waals surface area contributed by atoms with Crippen LogP contribution in [0.15, 0.2) is 18.2 Å². The summed E-state index contributed by atoms with van der Waals surface area (Å²) in [6.07, 6.45) is 0. The van der Waals surface area contributed by atoms with Crippen molar-refractivity contribution in [2.75, 3.05) is 44.7 Å². The minimum atomic E-state index is -0.104. The summed E-state index contributed by atoms with van der Waals surface area (Å²) in [5.74, 6) is 1.40. The normalized spacial score (nSPS) is 17.0. The first-order valence-corrected chi connectivity index (χ1v) is 8.90. The number of halogens is 1. The van der Waals surface area contributed by atoms with Crippen molar-refractivity contribution in [1.82, 2.24) is 10.2 Å². The molecule has 0 aromatic heterocycles. The zero-order valence-corrected chi connectivity index (χ0v) is 15.8. The number of nitrogens with zero attached hydrogens (tertiary/aromatic N) is 2. The van der Waals surface area contributed by atoms with Gasteiger partial charge in [-0.2, -0.15) is 0 Å². The minimum absolute atomic E-state index is 0.104. The van der Waals surface area contributed by atoms with Crippen LogP contribution in [0.2, 0.25) is 5.02 Å². The molecule has 6 heteroatoms. The maximum Gasteiger partial charge on any atom is 0.237 e. The molecule has 1 atom stereocenters. The molecule has 0 unspecified atom stereocenters.